The second kappa shape index (κ2) is 3.08. The third kappa shape index (κ3) is 1.54. The Balaban J connectivity index is 2.68. The number of nitrogens with zero attached hydrogens (tertiary/aromatic N) is 2. The molecule has 0 aliphatic carbocycles. The summed E-state index contributed by atoms with van der Waals surface area (Å²) >= 11 is 0. The van der Waals surface area contributed by atoms with Crippen LogP contribution in [0.4, 0.5) is 0 Å². The van der Waals surface area contributed by atoms with Crippen LogP contribution in [-0.2, 0) is 0 Å². The number of aliphatic hydroxyl groups excluding tert-OH is 1. The number of rotatable bonds is 3. The van der Waals surface area contributed by atoms with E-state index in [1.54, 1.807) is 6.92 Å². The summed E-state index contributed by atoms with van der Waals surface area (Å²) in [7, 11) is 0. The Hall–Kier alpha value is -1.14. The van der Waals surface area contributed by atoms with Gasteiger partial charge in [-0.2, -0.15) is 5.11 Å². The molecule has 1 aliphatic rings. The largest absolute Gasteiger partial charge is 0.395 e. The first-order valence-electron chi connectivity index (χ1n) is 3.64. The predicted octanol–water partition coefficient (Wildman–Crippen LogP) is -1.16. The molecule has 0 radical (unpaired) electrons. The zero-order valence-electron chi connectivity index (χ0n) is 6.91. The van der Waals surface area contributed by atoms with Crippen molar-refractivity contribution in [3.05, 3.63) is 11.5 Å². The fourth-order valence-corrected chi connectivity index (χ4v) is 0.967. The van der Waals surface area contributed by atoms with Crippen molar-refractivity contribution >= 4 is 0 Å². The van der Waals surface area contributed by atoms with Crippen molar-refractivity contribution in [2.24, 2.45) is 21.7 Å². The van der Waals surface area contributed by atoms with E-state index >= 15 is 0 Å². The van der Waals surface area contributed by atoms with Crippen molar-refractivity contribution < 1.29 is 5.11 Å². The quantitative estimate of drug-likeness (QED) is 0.429. The zero-order chi connectivity index (χ0) is 9.19. The van der Waals surface area contributed by atoms with E-state index in [4.69, 9.17) is 16.6 Å². The van der Waals surface area contributed by atoms with E-state index in [1.165, 1.54) is 0 Å². The lowest BCUT2D eigenvalue weighted by Gasteiger charge is -2.18. The molecule has 0 saturated heterocycles. The summed E-state index contributed by atoms with van der Waals surface area (Å²) in [5, 5.41) is 18.8. The Morgan fingerprint density at radius 2 is 2.33 bits per heavy atom. The molecular weight excluding hydrogens is 158 g/mol. The number of azo groups is 1. The van der Waals surface area contributed by atoms with Crippen LogP contribution in [0.15, 0.2) is 21.7 Å². The van der Waals surface area contributed by atoms with Crippen molar-refractivity contribution in [1.82, 2.24) is 5.32 Å². The highest BCUT2D eigenvalue weighted by Crippen LogP contribution is 2.22. The Bertz CT molecular complexity index is 232. The Morgan fingerprint density at radius 3 is 2.75 bits per heavy atom. The minimum atomic E-state index is -0.876. The second-order valence-electron chi connectivity index (χ2n) is 2.76. The maximum Gasteiger partial charge on any atom is 0.170 e. The highest BCUT2D eigenvalue weighted by Gasteiger charge is 2.30. The van der Waals surface area contributed by atoms with Crippen LogP contribution in [0.5, 0.6) is 0 Å². The Morgan fingerprint density at radius 1 is 1.67 bits per heavy atom. The summed E-state index contributed by atoms with van der Waals surface area (Å²) in [6, 6.07) is 0. The summed E-state index contributed by atoms with van der Waals surface area (Å²) in [4.78, 5) is 0. The first-order valence-corrected chi connectivity index (χ1v) is 3.64. The molecule has 1 unspecified atom stereocenters. The summed E-state index contributed by atoms with van der Waals surface area (Å²) in [6.45, 7) is 2.11. The van der Waals surface area contributed by atoms with Crippen LogP contribution in [0.2, 0.25) is 0 Å². The molecular formula is C6H13N5O. The van der Waals surface area contributed by atoms with Crippen LogP contribution >= 0.6 is 0 Å². The number of aliphatic hydroxyl groups is 1. The van der Waals surface area contributed by atoms with E-state index in [1.807, 2.05) is 0 Å². The molecule has 0 aromatic heterocycles. The molecule has 68 valence electrons. The van der Waals surface area contributed by atoms with Gasteiger partial charge in [0.1, 0.15) is 0 Å². The molecule has 6 N–H and O–H groups in total. The molecule has 1 heterocycles. The second-order valence-corrected chi connectivity index (χ2v) is 2.76. The van der Waals surface area contributed by atoms with Crippen LogP contribution in [0.3, 0.4) is 0 Å². The third-order valence-electron chi connectivity index (χ3n) is 1.54. The molecule has 0 bridgehead atoms. The minimum absolute atomic E-state index is 0.0207. The van der Waals surface area contributed by atoms with Gasteiger partial charge in [-0.3, -0.25) is 0 Å². The number of hydrogen-bond acceptors (Lipinski definition) is 6. The average Bonchev–Trinajstić information content (AvgIpc) is 2.24. The molecule has 6 heteroatoms. The SMILES string of the molecule is CC1(N)N=NC(N)=C1NCCO. The highest BCUT2D eigenvalue weighted by molar-refractivity contribution is 5.23. The van der Waals surface area contributed by atoms with E-state index in [2.05, 4.69) is 15.5 Å². The van der Waals surface area contributed by atoms with Crippen LogP contribution in [0.25, 0.3) is 0 Å². The summed E-state index contributed by atoms with van der Waals surface area (Å²) in [5.74, 6) is 0.286. The summed E-state index contributed by atoms with van der Waals surface area (Å²) in [6.07, 6.45) is 0. The summed E-state index contributed by atoms with van der Waals surface area (Å²) < 4.78 is 0. The topological polar surface area (TPSA) is 109 Å². The molecule has 12 heavy (non-hydrogen) atoms. The molecule has 0 amide bonds. The average molecular weight is 171 g/mol. The Kier molecular flexibility index (Phi) is 2.30. The van der Waals surface area contributed by atoms with Crippen molar-refractivity contribution in [2.75, 3.05) is 13.2 Å². The van der Waals surface area contributed by atoms with Crippen LogP contribution in [-0.4, -0.2) is 23.9 Å². The van der Waals surface area contributed by atoms with Gasteiger partial charge in [-0.25, -0.2) is 0 Å². The van der Waals surface area contributed by atoms with Crippen molar-refractivity contribution in [3.63, 3.8) is 0 Å². The fraction of sp³-hybridized carbons (Fsp3) is 0.667. The summed E-state index contributed by atoms with van der Waals surface area (Å²) in [5.41, 5.74) is 10.9. The zero-order valence-corrected chi connectivity index (χ0v) is 6.91. The highest BCUT2D eigenvalue weighted by atomic mass is 16.3. The van der Waals surface area contributed by atoms with Gasteiger partial charge in [-0.1, -0.05) is 0 Å². The molecule has 1 atom stereocenters. The first-order chi connectivity index (χ1) is 5.58. The molecule has 0 saturated carbocycles. The number of nitrogens with two attached hydrogens (primary N) is 2. The van der Waals surface area contributed by atoms with Gasteiger partial charge in [-0.15, -0.1) is 5.11 Å². The molecule has 1 aliphatic heterocycles. The van der Waals surface area contributed by atoms with Gasteiger partial charge in [0.05, 0.1) is 12.3 Å². The van der Waals surface area contributed by atoms with E-state index in [-0.39, 0.29) is 12.4 Å². The van der Waals surface area contributed by atoms with Gasteiger partial charge in [0.25, 0.3) is 0 Å². The maximum atomic E-state index is 8.56. The van der Waals surface area contributed by atoms with Gasteiger partial charge in [-0.05, 0) is 6.92 Å². The Labute approximate surface area is 70.3 Å². The smallest absolute Gasteiger partial charge is 0.170 e. The minimum Gasteiger partial charge on any atom is -0.395 e. The van der Waals surface area contributed by atoms with E-state index in [0.717, 1.165) is 0 Å². The van der Waals surface area contributed by atoms with Crippen molar-refractivity contribution in [2.45, 2.75) is 12.6 Å². The monoisotopic (exact) mass is 171 g/mol. The van der Waals surface area contributed by atoms with Crippen LogP contribution < -0.4 is 16.8 Å². The van der Waals surface area contributed by atoms with Gasteiger partial charge in [0.15, 0.2) is 11.5 Å². The number of nitrogens with one attached hydrogen (secondary N) is 1. The van der Waals surface area contributed by atoms with E-state index in [0.29, 0.717) is 12.2 Å². The van der Waals surface area contributed by atoms with Crippen LogP contribution in [0, 0.1) is 0 Å². The van der Waals surface area contributed by atoms with Gasteiger partial charge >= 0.3 is 0 Å². The standard InChI is InChI=1S/C6H13N5O/c1-6(8)4(9-2-3-12)5(7)10-11-6/h9,12H,2-3,7-8H2,1H3. The van der Waals surface area contributed by atoms with E-state index in [9.17, 15) is 0 Å². The van der Waals surface area contributed by atoms with Gasteiger partial charge < -0.3 is 21.9 Å². The number of hydrogen-bond donors (Lipinski definition) is 4. The van der Waals surface area contributed by atoms with Crippen LogP contribution in [0.1, 0.15) is 6.92 Å². The lowest BCUT2D eigenvalue weighted by atomic mass is 10.1. The van der Waals surface area contributed by atoms with Gasteiger partial charge in [0, 0.05) is 6.54 Å². The van der Waals surface area contributed by atoms with E-state index < -0.39 is 5.66 Å². The fourth-order valence-electron chi connectivity index (χ4n) is 0.967. The predicted molar refractivity (Wildman–Crippen MR) is 43.8 cm³/mol. The third-order valence-corrected chi connectivity index (χ3v) is 1.54. The first kappa shape index (κ1) is 8.95. The lowest BCUT2D eigenvalue weighted by molar-refractivity contribution is 0.294. The molecule has 0 aromatic carbocycles. The van der Waals surface area contributed by atoms with Crippen molar-refractivity contribution in [1.29, 1.82) is 0 Å². The molecule has 0 spiro atoms. The molecule has 0 aromatic rings. The molecule has 6 nitrogen and oxygen atoms in total. The lowest BCUT2D eigenvalue weighted by Crippen LogP contribution is -2.41. The normalized spacial score (nSPS) is 28.2. The maximum absolute atomic E-state index is 8.56. The molecule has 0 fully saturated rings. The molecule has 1 rings (SSSR count). The van der Waals surface area contributed by atoms with Gasteiger partial charge in [0.2, 0.25) is 0 Å². The van der Waals surface area contributed by atoms with Crippen molar-refractivity contribution in [3.8, 4) is 0 Å².